The first-order valence-corrected chi connectivity index (χ1v) is 9.81. The Bertz CT molecular complexity index is 959. The molecule has 1 N–H and O–H groups in total. The molecule has 30 heavy (non-hydrogen) atoms. The molecule has 6 nitrogen and oxygen atoms in total. The van der Waals surface area contributed by atoms with Gasteiger partial charge in [-0.15, -0.1) is 0 Å². The standard InChI is InChI=1S/C24H23NO5/c26-24(25-14-21-16-29-22-8-4-5-9-23(22)30-21)17-28-20-12-10-19(11-13-20)27-15-18-6-2-1-3-7-18/h1-13,21H,14-17H2,(H,25,26)/t21-/m0/s1. The minimum atomic E-state index is -0.232. The van der Waals surface area contributed by atoms with Crippen molar-refractivity contribution in [3.8, 4) is 23.0 Å². The van der Waals surface area contributed by atoms with E-state index < -0.39 is 0 Å². The molecule has 0 bridgehead atoms. The second-order valence-electron chi connectivity index (χ2n) is 6.84. The van der Waals surface area contributed by atoms with E-state index >= 15 is 0 Å². The lowest BCUT2D eigenvalue weighted by Gasteiger charge is -2.26. The van der Waals surface area contributed by atoms with Crippen LogP contribution < -0.4 is 24.3 Å². The summed E-state index contributed by atoms with van der Waals surface area (Å²) in [6, 6.07) is 24.6. The van der Waals surface area contributed by atoms with Gasteiger partial charge in [0.05, 0.1) is 6.54 Å². The largest absolute Gasteiger partial charge is 0.489 e. The highest BCUT2D eigenvalue weighted by Crippen LogP contribution is 2.30. The van der Waals surface area contributed by atoms with Crippen LogP contribution in [-0.2, 0) is 11.4 Å². The third kappa shape index (κ3) is 5.44. The van der Waals surface area contributed by atoms with Crippen molar-refractivity contribution in [1.29, 1.82) is 0 Å². The molecule has 0 aromatic heterocycles. The van der Waals surface area contributed by atoms with Crippen molar-refractivity contribution in [2.75, 3.05) is 19.8 Å². The highest BCUT2D eigenvalue weighted by molar-refractivity contribution is 5.77. The van der Waals surface area contributed by atoms with Crippen LogP contribution in [0.3, 0.4) is 0 Å². The van der Waals surface area contributed by atoms with Gasteiger partial charge in [0.25, 0.3) is 5.91 Å². The van der Waals surface area contributed by atoms with E-state index in [1.807, 2.05) is 66.7 Å². The second-order valence-corrected chi connectivity index (χ2v) is 6.84. The topological polar surface area (TPSA) is 66.0 Å². The van der Waals surface area contributed by atoms with Gasteiger partial charge in [0, 0.05) is 0 Å². The number of para-hydroxylation sites is 2. The molecule has 1 atom stereocenters. The average molecular weight is 405 g/mol. The number of amides is 1. The van der Waals surface area contributed by atoms with Crippen molar-refractivity contribution in [3.63, 3.8) is 0 Å². The van der Waals surface area contributed by atoms with E-state index in [4.69, 9.17) is 18.9 Å². The molecule has 0 radical (unpaired) electrons. The van der Waals surface area contributed by atoms with E-state index in [0.717, 1.165) is 17.1 Å². The smallest absolute Gasteiger partial charge is 0.258 e. The van der Waals surface area contributed by atoms with E-state index in [9.17, 15) is 4.79 Å². The van der Waals surface area contributed by atoms with Gasteiger partial charge in [-0.05, 0) is 42.0 Å². The monoisotopic (exact) mass is 405 g/mol. The predicted octanol–water partition coefficient (Wildman–Crippen LogP) is 3.60. The molecule has 0 unspecified atom stereocenters. The number of hydrogen-bond acceptors (Lipinski definition) is 5. The van der Waals surface area contributed by atoms with Gasteiger partial charge in [0.2, 0.25) is 0 Å². The van der Waals surface area contributed by atoms with E-state index in [2.05, 4.69) is 5.32 Å². The minimum Gasteiger partial charge on any atom is -0.489 e. The SMILES string of the molecule is O=C(COc1ccc(OCc2ccccc2)cc1)NC[C@H]1COc2ccccc2O1. The van der Waals surface area contributed by atoms with Gasteiger partial charge in [-0.1, -0.05) is 42.5 Å². The highest BCUT2D eigenvalue weighted by atomic mass is 16.6. The summed E-state index contributed by atoms with van der Waals surface area (Å²) in [4.78, 5) is 12.1. The van der Waals surface area contributed by atoms with Crippen LogP contribution in [0, 0.1) is 0 Å². The van der Waals surface area contributed by atoms with Gasteiger partial charge >= 0.3 is 0 Å². The molecule has 0 spiro atoms. The predicted molar refractivity (Wildman–Crippen MR) is 112 cm³/mol. The summed E-state index contributed by atoms with van der Waals surface area (Å²) in [5.74, 6) is 2.53. The molecule has 3 aromatic rings. The zero-order chi connectivity index (χ0) is 20.6. The Morgan fingerprint density at radius 3 is 2.30 bits per heavy atom. The molecule has 1 heterocycles. The van der Waals surface area contributed by atoms with Crippen LogP contribution in [0.15, 0.2) is 78.9 Å². The van der Waals surface area contributed by atoms with Crippen LogP contribution in [0.4, 0.5) is 0 Å². The first-order chi connectivity index (χ1) is 14.8. The van der Waals surface area contributed by atoms with Crippen molar-refractivity contribution >= 4 is 5.91 Å². The Kier molecular flexibility index (Phi) is 6.35. The number of nitrogens with one attached hydrogen (secondary N) is 1. The summed E-state index contributed by atoms with van der Waals surface area (Å²) in [6.45, 7) is 1.17. The lowest BCUT2D eigenvalue weighted by Crippen LogP contribution is -2.42. The van der Waals surface area contributed by atoms with Gasteiger partial charge in [0.15, 0.2) is 18.1 Å². The number of fused-ring (bicyclic) bond motifs is 1. The van der Waals surface area contributed by atoms with Gasteiger partial charge < -0.3 is 24.3 Å². The highest BCUT2D eigenvalue weighted by Gasteiger charge is 2.21. The van der Waals surface area contributed by atoms with E-state index in [1.54, 1.807) is 12.1 Å². The van der Waals surface area contributed by atoms with Crippen LogP contribution in [0.25, 0.3) is 0 Å². The summed E-state index contributed by atoms with van der Waals surface area (Å²) < 4.78 is 22.7. The Labute approximate surface area is 175 Å². The zero-order valence-electron chi connectivity index (χ0n) is 16.5. The molecule has 0 fully saturated rings. The molecular formula is C24H23NO5. The number of hydrogen-bond donors (Lipinski definition) is 1. The number of benzene rings is 3. The number of ether oxygens (including phenoxy) is 4. The molecule has 154 valence electrons. The van der Waals surface area contributed by atoms with E-state index in [0.29, 0.717) is 31.3 Å². The van der Waals surface area contributed by atoms with Crippen LogP contribution in [-0.4, -0.2) is 31.8 Å². The second kappa shape index (κ2) is 9.69. The summed E-state index contributed by atoms with van der Waals surface area (Å²) in [5, 5.41) is 2.81. The minimum absolute atomic E-state index is 0.0750. The summed E-state index contributed by atoms with van der Waals surface area (Å²) >= 11 is 0. The van der Waals surface area contributed by atoms with Crippen LogP contribution in [0.1, 0.15) is 5.56 Å². The van der Waals surface area contributed by atoms with E-state index in [1.165, 1.54) is 0 Å². The van der Waals surface area contributed by atoms with E-state index in [-0.39, 0.29) is 18.6 Å². The molecule has 1 amide bonds. The molecule has 6 heteroatoms. The Morgan fingerprint density at radius 2 is 1.53 bits per heavy atom. The fraction of sp³-hybridized carbons (Fsp3) is 0.208. The van der Waals surface area contributed by atoms with Crippen LogP contribution >= 0.6 is 0 Å². The van der Waals surface area contributed by atoms with Crippen molar-refractivity contribution in [2.24, 2.45) is 0 Å². The molecule has 0 saturated carbocycles. The van der Waals surface area contributed by atoms with Gasteiger partial charge in [-0.25, -0.2) is 0 Å². The lowest BCUT2D eigenvalue weighted by molar-refractivity contribution is -0.123. The third-order valence-corrected chi connectivity index (χ3v) is 4.54. The molecule has 0 saturated heterocycles. The van der Waals surface area contributed by atoms with Crippen LogP contribution in [0.5, 0.6) is 23.0 Å². The Balaban J connectivity index is 1.17. The molecule has 3 aromatic carbocycles. The van der Waals surface area contributed by atoms with Crippen molar-refractivity contribution in [1.82, 2.24) is 5.32 Å². The molecule has 0 aliphatic carbocycles. The molecule has 4 rings (SSSR count). The lowest BCUT2D eigenvalue weighted by atomic mass is 10.2. The molecule has 1 aliphatic rings. The zero-order valence-corrected chi connectivity index (χ0v) is 16.5. The Morgan fingerprint density at radius 1 is 0.867 bits per heavy atom. The number of carbonyl (C=O) groups excluding carboxylic acids is 1. The fourth-order valence-electron chi connectivity index (χ4n) is 2.96. The van der Waals surface area contributed by atoms with Crippen molar-refractivity contribution < 1.29 is 23.7 Å². The number of rotatable bonds is 8. The average Bonchev–Trinajstić information content (AvgIpc) is 2.81. The first kappa shape index (κ1) is 19.6. The number of carbonyl (C=O) groups is 1. The van der Waals surface area contributed by atoms with Gasteiger partial charge in [0.1, 0.15) is 30.8 Å². The van der Waals surface area contributed by atoms with Crippen LogP contribution in [0.2, 0.25) is 0 Å². The van der Waals surface area contributed by atoms with Crippen molar-refractivity contribution in [2.45, 2.75) is 12.7 Å². The maximum Gasteiger partial charge on any atom is 0.258 e. The molecule has 1 aliphatic heterocycles. The first-order valence-electron chi connectivity index (χ1n) is 9.81. The maximum absolute atomic E-state index is 12.1. The summed E-state index contributed by atoms with van der Waals surface area (Å²) in [5.41, 5.74) is 1.10. The quantitative estimate of drug-likeness (QED) is 0.620. The fourth-order valence-corrected chi connectivity index (χ4v) is 2.96. The molecular weight excluding hydrogens is 382 g/mol. The normalized spacial score (nSPS) is 14.6. The van der Waals surface area contributed by atoms with Gasteiger partial charge in [-0.3, -0.25) is 4.79 Å². The maximum atomic E-state index is 12.1. The summed E-state index contributed by atoms with van der Waals surface area (Å²) in [6.07, 6.45) is -0.232. The van der Waals surface area contributed by atoms with Crippen molar-refractivity contribution in [3.05, 3.63) is 84.4 Å². The van der Waals surface area contributed by atoms with Gasteiger partial charge in [-0.2, -0.15) is 0 Å². The Hall–Kier alpha value is -3.67. The third-order valence-electron chi connectivity index (χ3n) is 4.54. The summed E-state index contributed by atoms with van der Waals surface area (Å²) in [7, 11) is 0.